The first-order chi connectivity index (χ1) is 11.1. The number of amides is 1. The number of carbonyl (C=O) groups is 1. The number of hydrogen-bond donors (Lipinski definition) is 1. The number of aromatic nitrogens is 2. The highest BCUT2D eigenvalue weighted by Crippen LogP contribution is 2.29. The molecule has 0 saturated heterocycles. The van der Waals surface area contributed by atoms with Crippen LogP contribution in [-0.4, -0.2) is 22.7 Å². The van der Waals surface area contributed by atoms with Crippen molar-refractivity contribution >= 4 is 33.7 Å². The molecule has 0 atom stereocenters. The molecule has 3 aromatic rings. The topological polar surface area (TPSA) is 64.1 Å². The molecule has 1 N–H and O–H groups in total. The Hall–Kier alpha value is -2.25. The van der Waals surface area contributed by atoms with Crippen molar-refractivity contribution in [3.8, 4) is 15.6 Å². The number of hydrogen-bond acceptors (Lipinski definition) is 6. The Labute approximate surface area is 142 Å². The van der Waals surface area contributed by atoms with Gasteiger partial charge in [0.25, 0.3) is 5.91 Å². The molecule has 0 aliphatic rings. The van der Waals surface area contributed by atoms with Crippen LogP contribution in [0.3, 0.4) is 0 Å². The number of aryl methyl sites for hydroxylation is 2. The molecule has 2 aromatic heterocycles. The number of benzene rings is 1. The van der Waals surface area contributed by atoms with Crippen molar-refractivity contribution in [2.45, 2.75) is 13.8 Å². The summed E-state index contributed by atoms with van der Waals surface area (Å²) in [5.41, 5.74) is 2.32. The first kappa shape index (κ1) is 15.6. The van der Waals surface area contributed by atoms with Crippen molar-refractivity contribution in [3.63, 3.8) is 0 Å². The lowest BCUT2D eigenvalue weighted by Crippen LogP contribution is -2.20. The Balaban J connectivity index is 1.56. The second-order valence-electron chi connectivity index (χ2n) is 4.97. The van der Waals surface area contributed by atoms with Crippen LogP contribution in [0.25, 0.3) is 9.88 Å². The predicted molar refractivity (Wildman–Crippen MR) is 93.3 cm³/mol. The SMILES string of the molecule is Cc1ccc(OCC(=O)Nc2nnc(-c3cccs3)s2)cc1C. The standard InChI is InChI=1S/C16H15N3O2S2/c1-10-5-6-12(8-11(10)2)21-9-14(20)17-16-19-18-15(23-16)13-4-3-7-22-13/h3-8H,9H2,1-2H3,(H,17,19,20). The fourth-order valence-corrected chi connectivity index (χ4v) is 3.43. The third-order valence-corrected chi connectivity index (χ3v) is 5.13. The van der Waals surface area contributed by atoms with E-state index in [2.05, 4.69) is 15.5 Å². The summed E-state index contributed by atoms with van der Waals surface area (Å²) in [7, 11) is 0. The van der Waals surface area contributed by atoms with Crippen LogP contribution in [0.15, 0.2) is 35.7 Å². The number of ether oxygens (including phenoxy) is 1. The maximum Gasteiger partial charge on any atom is 0.264 e. The predicted octanol–water partition coefficient (Wildman–Crippen LogP) is 3.90. The number of anilines is 1. The van der Waals surface area contributed by atoms with E-state index in [1.807, 2.05) is 49.6 Å². The highest BCUT2D eigenvalue weighted by Gasteiger charge is 2.11. The molecule has 0 unspecified atom stereocenters. The van der Waals surface area contributed by atoms with Crippen molar-refractivity contribution in [2.24, 2.45) is 0 Å². The molecule has 23 heavy (non-hydrogen) atoms. The maximum absolute atomic E-state index is 11.9. The van der Waals surface area contributed by atoms with E-state index >= 15 is 0 Å². The van der Waals surface area contributed by atoms with Gasteiger partial charge in [-0.2, -0.15) is 0 Å². The molecule has 2 heterocycles. The van der Waals surface area contributed by atoms with Gasteiger partial charge in [-0.05, 0) is 48.6 Å². The van der Waals surface area contributed by atoms with Crippen molar-refractivity contribution in [3.05, 3.63) is 46.8 Å². The highest BCUT2D eigenvalue weighted by molar-refractivity contribution is 7.23. The molecule has 118 valence electrons. The fourth-order valence-electron chi connectivity index (χ4n) is 1.88. The van der Waals surface area contributed by atoms with Crippen LogP contribution in [-0.2, 0) is 4.79 Å². The molecule has 0 aliphatic carbocycles. The molecule has 5 nitrogen and oxygen atoms in total. The zero-order chi connectivity index (χ0) is 16.2. The van der Waals surface area contributed by atoms with E-state index in [4.69, 9.17) is 4.74 Å². The Bertz CT molecular complexity index is 813. The normalized spacial score (nSPS) is 10.5. The molecule has 1 aromatic carbocycles. The lowest BCUT2D eigenvalue weighted by molar-refractivity contribution is -0.118. The van der Waals surface area contributed by atoms with Gasteiger partial charge in [0.15, 0.2) is 11.6 Å². The Kier molecular flexibility index (Phi) is 4.68. The lowest BCUT2D eigenvalue weighted by Gasteiger charge is -2.07. The number of rotatable bonds is 5. The maximum atomic E-state index is 11.9. The molecule has 0 saturated carbocycles. The Morgan fingerprint density at radius 3 is 2.83 bits per heavy atom. The third kappa shape index (κ3) is 3.94. The highest BCUT2D eigenvalue weighted by atomic mass is 32.1. The van der Waals surface area contributed by atoms with Crippen LogP contribution < -0.4 is 10.1 Å². The van der Waals surface area contributed by atoms with Gasteiger partial charge in [-0.1, -0.05) is 23.5 Å². The summed E-state index contributed by atoms with van der Waals surface area (Å²) in [6.45, 7) is 3.98. The summed E-state index contributed by atoms with van der Waals surface area (Å²) in [6, 6.07) is 9.68. The van der Waals surface area contributed by atoms with Gasteiger partial charge in [-0.3, -0.25) is 10.1 Å². The number of carbonyl (C=O) groups excluding carboxylic acids is 1. The molecule has 0 spiro atoms. The van der Waals surface area contributed by atoms with E-state index < -0.39 is 0 Å². The van der Waals surface area contributed by atoms with Crippen LogP contribution in [0, 0.1) is 13.8 Å². The smallest absolute Gasteiger partial charge is 0.264 e. The van der Waals surface area contributed by atoms with Crippen LogP contribution >= 0.6 is 22.7 Å². The molecule has 0 fully saturated rings. The van der Waals surface area contributed by atoms with Gasteiger partial charge in [-0.25, -0.2) is 0 Å². The summed E-state index contributed by atoms with van der Waals surface area (Å²) in [6.07, 6.45) is 0. The largest absolute Gasteiger partial charge is 0.484 e. The van der Waals surface area contributed by atoms with Crippen molar-refractivity contribution < 1.29 is 9.53 Å². The third-order valence-electron chi connectivity index (χ3n) is 3.25. The van der Waals surface area contributed by atoms with E-state index in [-0.39, 0.29) is 12.5 Å². The van der Waals surface area contributed by atoms with Crippen LogP contribution in [0.1, 0.15) is 11.1 Å². The summed E-state index contributed by atoms with van der Waals surface area (Å²) in [5, 5.41) is 14.0. The average Bonchev–Trinajstić information content (AvgIpc) is 3.19. The van der Waals surface area contributed by atoms with Crippen molar-refractivity contribution in [1.29, 1.82) is 0 Å². The van der Waals surface area contributed by atoms with E-state index in [1.165, 1.54) is 16.9 Å². The minimum atomic E-state index is -0.253. The van der Waals surface area contributed by atoms with Crippen LogP contribution in [0.4, 0.5) is 5.13 Å². The average molecular weight is 345 g/mol. The minimum absolute atomic E-state index is 0.0591. The lowest BCUT2D eigenvalue weighted by atomic mass is 10.1. The molecule has 0 bridgehead atoms. The first-order valence-corrected chi connectivity index (χ1v) is 8.69. The van der Waals surface area contributed by atoms with Gasteiger partial charge < -0.3 is 4.74 Å². The molecular formula is C16H15N3O2S2. The van der Waals surface area contributed by atoms with E-state index in [9.17, 15) is 4.79 Å². The second-order valence-corrected chi connectivity index (χ2v) is 6.90. The number of nitrogens with one attached hydrogen (secondary N) is 1. The molecule has 0 aliphatic heterocycles. The van der Waals surface area contributed by atoms with E-state index in [1.54, 1.807) is 11.3 Å². The van der Waals surface area contributed by atoms with Crippen molar-refractivity contribution in [2.75, 3.05) is 11.9 Å². The molecule has 7 heteroatoms. The van der Waals surface area contributed by atoms with Gasteiger partial charge in [0.05, 0.1) is 4.88 Å². The summed E-state index contributed by atoms with van der Waals surface area (Å²) in [5.74, 6) is 0.428. The number of thiophene rings is 1. The quantitative estimate of drug-likeness (QED) is 0.762. The fraction of sp³-hybridized carbons (Fsp3) is 0.188. The second kappa shape index (κ2) is 6.89. The molecule has 0 radical (unpaired) electrons. The summed E-state index contributed by atoms with van der Waals surface area (Å²) in [4.78, 5) is 13.0. The molecule has 1 amide bonds. The molecular weight excluding hydrogens is 330 g/mol. The monoisotopic (exact) mass is 345 g/mol. The molecule has 3 rings (SSSR count). The van der Waals surface area contributed by atoms with Gasteiger partial charge in [-0.15, -0.1) is 21.5 Å². The zero-order valence-electron chi connectivity index (χ0n) is 12.7. The van der Waals surface area contributed by atoms with Gasteiger partial charge in [0.1, 0.15) is 5.75 Å². The van der Waals surface area contributed by atoms with Gasteiger partial charge >= 0.3 is 0 Å². The first-order valence-electron chi connectivity index (χ1n) is 6.99. The summed E-state index contributed by atoms with van der Waals surface area (Å²) >= 11 is 2.93. The van der Waals surface area contributed by atoms with E-state index in [0.717, 1.165) is 15.4 Å². The summed E-state index contributed by atoms with van der Waals surface area (Å²) < 4.78 is 5.50. The Morgan fingerprint density at radius 1 is 1.22 bits per heavy atom. The van der Waals surface area contributed by atoms with Crippen LogP contribution in [0.2, 0.25) is 0 Å². The van der Waals surface area contributed by atoms with Crippen molar-refractivity contribution in [1.82, 2.24) is 10.2 Å². The Morgan fingerprint density at radius 2 is 2.09 bits per heavy atom. The zero-order valence-corrected chi connectivity index (χ0v) is 14.3. The minimum Gasteiger partial charge on any atom is -0.484 e. The number of nitrogens with zero attached hydrogens (tertiary/aromatic N) is 2. The van der Waals surface area contributed by atoms with Gasteiger partial charge in [0, 0.05) is 0 Å². The van der Waals surface area contributed by atoms with Crippen LogP contribution in [0.5, 0.6) is 5.75 Å². The van der Waals surface area contributed by atoms with E-state index in [0.29, 0.717) is 10.9 Å². The van der Waals surface area contributed by atoms with Gasteiger partial charge in [0.2, 0.25) is 5.13 Å².